The lowest BCUT2D eigenvalue weighted by atomic mass is 9.91. The lowest BCUT2D eigenvalue weighted by Gasteiger charge is -2.35. The predicted octanol–water partition coefficient (Wildman–Crippen LogP) is 2.92. The van der Waals surface area contributed by atoms with Crippen molar-refractivity contribution in [2.24, 2.45) is 5.73 Å². The van der Waals surface area contributed by atoms with Crippen molar-refractivity contribution in [3.8, 4) is 11.3 Å². The van der Waals surface area contributed by atoms with Crippen LogP contribution in [-0.2, 0) is 9.53 Å². The maximum Gasteiger partial charge on any atom is 0.256 e. The van der Waals surface area contributed by atoms with Crippen molar-refractivity contribution < 1.29 is 18.3 Å². The summed E-state index contributed by atoms with van der Waals surface area (Å²) in [6, 6.07) is 7.90. The number of benzene rings is 1. The largest absolute Gasteiger partial charge is 0.464 e. The number of amides is 1. The molecule has 23 heavy (non-hydrogen) atoms. The molecular weight excluding hydrogens is 299 g/mol. The fourth-order valence-electron chi connectivity index (χ4n) is 2.72. The summed E-state index contributed by atoms with van der Waals surface area (Å²) in [5.41, 5.74) is 5.57. The van der Waals surface area contributed by atoms with E-state index < -0.39 is 17.3 Å². The first-order valence-corrected chi connectivity index (χ1v) is 7.52. The van der Waals surface area contributed by atoms with E-state index in [4.69, 9.17) is 14.9 Å². The normalized spacial score (nSPS) is 24.4. The maximum atomic E-state index is 14.2. The highest BCUT2D eigenvalue weighted by Crippen LogP contribution is 2.28. The molecule has 1 amide bonds. The Bertz CT molecular complexity index is 702. The van der Waals surface area contributed by atoms with E-state index in [1.807, 2.05) is 0 Å². The number of carbonyl (C=O) groups excluding carboxylic acids is 1. The van der Waals surface area contributed by atoms with Crippen LogP contribution in [0.1, 0.15) is 19.8 Å². The first-order valence-electron chi connectivity index (χ1n) is 7.52. The zero-order valence-corrected chi connectivity index (χ0v) is 12.8. The van der Waals surface area contributed by atoms with E-state index in [0.29, 0.717) is 24.4 Å². The van der Waals surface area contributed by atoms with Crippen LogP contribution in [0.15, 0.2) is 41.0 Å². The van der Waals surface area contributed by atoms with Crippen molar-refractivity contribution in [3.05, 3.63) is 42.4 Å². The molecule has 0 radical (unpaired) electrons. The van der Waals surface area contributed by atoms with Gasteiger partial charge in [-0.25, -0.2) is 4.39 Å². The monoisotopic (exact) mass is 318 g/mol. The number of hydrogen-bond acceptors (Lipinski definition) is 4. The van der Waals surface area contributed by atoms with E-state index in [0.717, 1.165) is 6.42 Å². The van der Waals surface area contributed by atoms with Gasteiger partial charge in [-0.3, -0.25) is 4.79 Å². The number of ether oxygens (including phenoxy) is 1. The number of anilines is 1. The molecular formula is C17H19FN2O3. The number of rotatable bonds is 3. The average Bonchev–Trinajstić information content (AvgIpc) is 3.03. The topological polar surface area (TPSA) is 77.5 Å². The maximum absolute atomic E-state index is 14.2. The highest BCUT2D eigenvalue weighted by atomic mass is 19.1. The molecule has 2 unspecified atom stereocenters. The molecule has 1 aliphatic rings. The SMILES string of the molecule is CC1(C(=O)Nc2ccc(-c3ccco3)cc2F)CC(N)CCO1. The Labute approximate surface area is 133 Å². The molecule has 122 valence electrons. The minimum atomic E-state index is -1.04. The summed E-state index contributed by atoms with van der Waals surface area (Å²) in [7, 11) is 0. The van der Waals surface area contributed by atoms with E-state index in [2.05, 4.69) is 5.32 Å². The van der Waals surface area contributed by atoms with Crippen molar-refractivity contribution in [1.29, 1.82) is 0 Å². The number of halogens is 1. The molecule has 0 saturated carbocycles. The zero-order chi connectivity index (χ0) is 16.4. The van der Waals surface area contributed by atoms with Gasteiger partial charge in [0.2, 0.25) is 0 Å². The minimum absolute atomic E-state index is 0.0920. The number of carbonyl (C=O) groups is 1. The third-order valence-corrected chi connectivity index (χ3v) is 4.06. The van der Waals surface area contributed by atoms with Gasteiger partial charge in [0.1, 0.15) is 17.2 Å². The fraction of sp³-hybridized carbons (Fsp3) is 0.353. The third kappa shape index (κ3) is 3.28. The smallest absolute Gasteiger partial charge is 0.256 e. The van der Waals surface area contributed by atoms with Crippen LogP contribution >= 0.6 is 0 Å². The van der Waals surface area contributed by atoms with Gasteiger partial charge in [-0.15, -0.1) is 0 Å². The molecule has 3 rings (SSSR count). The molecule has 1 aromatic carbocycles. The lowest BCUT2D eigenvalue weighted by Crippen LogP contribution is -2.50. The van der Waals surface area contributed by atoms with Gasteiger partial charge >= 0.3 is 0 Å². The van der Waals surface area contributed by atoms with E-state index in [9.17, 15) is 9.18 Å². The van der Waals surface area contributed by atoms with Gasteiger partial charge in [0.25, 0.3) is 5.91 Å². The Morgan fingerprint density at radius 1 is 1.43 bits per heavy atom. The second-order valence-corrected chi connectivity index (χ2v) is 5.96. The summed E-state index contributed by atoms with van der Waals surface area (Å²) in [4.78, 5) is 12.4. The molecule has 2 atom stereocenters. The highest BCUT2D eigenvalue weighted by molar-refractivity contribution is 5.97. The number of nitrogens with two attached hydrogens (primary N) is 1. The third-order valence-electron chi connectivity index (χ3n) is 4.06. The first-order chi connectivity index (χ1) is 11.0. The Kier molecular flexibility index (Phi) is 4.19. The van der Waals surface area contributed by atoms with E-state index in [1.165, 1.54) is 18.4 Å². The van der Waals surface area contributed by atoms with Crippen LogP contribution < -0.4 is 11.1 Å². The molecule has 2 heterocycles. The summed E-state index contributed by atoms with van der Waals surface area (Å²) in [5.74, 6) is -0.358. The fourth-order valence-corrected chi connectivity index (χ4v) is 2.72. The molecule has 2 aromatic rings. The molecule has 0 bridgehead atoms. The van der Waals surface area contributed by atoms with Crippen molar-refractivity contribution in [3.63, 3.8) is 0 Å². The van der Waals surface area contributed by atoms with Crippen LogP contribution in [0.25, 0.3) is 11.3 Å². The Hall–Kier alpha value is -2.18. The van der Waals surface area contributed by atoms with Gasteiger partial charge in [-0.05, 0) is 43.7 Å². The molecule has 6 heteroatoms. The van der Waals surface area contributed by atoms with Gasteiger partial charge in [-0.1, -0.05) is 0 Å². The van der Waals surface area contributed by atoms with Gasteiger partial charge in [0, 0.05) is 24.6 Å². The standard InChI is InChI=1S/C17H19FN2O3/c1-17(10-12(19)6-8-23-17)16(21)20-14-5-4-11(9-13(14)18)15-3-2-7-22-15/h2-5,7,9,12H,6,8,10,19H2,1H3,(H,20,21). The summed E-state index contributed by atoms with van der Waals surface area (Å²) >= 11 is 0. The zero-order valence-electron chi connectivity index (χ0n) is 12.8. The predicted molar refractivity (Wildman–Crippen MR) is 84.3 cm³/mol. The second kappa shape index (κ2) is 6.14. The van der Waals surface area contributed by atoms with E-state index in [-0.39, 0.29) is 11.7 Å². The number of nitrogens with one attached hydrogen (secondary N) is 1. The van der Waals surface area contributed by atoms with E-state index in [1.54, 1.807) is 25.1 Å². The van der Waals surface area contributed by atoms with Crippen molar-refractivity contribution in [1.82, 2.24) is 0 Å². The second-order valence-electron chi connectivity index (χ2n) is 5.96. The van der Waals surface area contributed by atoms with Crippen LogP contribution in [0.2, 0.25) is 0 Å². The van der Waals surface area contributed by atoms with Gasteiger partial charge in [0.05, 0.1) is 12.0 Å². The van der Waals surface area contributed by atoms with Crippen LogP contribution in [0, 0.1) is 5.82 Å². The summed E-state index contributed by atoms with van der Waals surface area (Å²) in [5, 5.41) is 2.59. The van der Waals surface area contributed by atoms with Crippen LogP contribution in [0.4, 0.5) is 10.1 Å². The average molecular weight is 318 g/mol. The van der Waals surface area contributed by atoms with Crippen LogP contribution in [0.3, 0.4) is 0 Å². The van der Waals surface area contributed by atoms with Crippen LogP contribution in [0.5, 0.6) is 0 Å². The lowest BCUT2D eigenvalue weighted by molar-refractivity contribution is -0.145. The molecule has 1 aliphatic heterocycles. The number of hydrogen-bond donors (Lipinski definition) is 2. The quantitative estimate of drug-likeness (QED) is 0.912. The molecule has 0 aliphatic carbocycles. The Morgan fingerprint density at radius 2 is 2.26 bits per heavy atom. The van der Waals surface area contributed by atoms with Gasteiger partial charge in [0.15, 0.2) is 0 Å². The summed E-state index contributed by atoms with van der Waals surface area (Å²) < 4.78 is 25.0. The van der Waals surface area contributed by atoms with Crippen molar-refractivity contribution in [2.75, 3.05) is 11.9 Å². The van der Waals surface area contributed by atoms with Gasteiger partial charge < -0.3 is 20.2 Å². The number of furan rings is 1. The molecule has 1 saturated heterocycles. The molecule has 1 fully saturated rings. The molecule has 1 aromatic heterocycles. The Balaban J connectivity index is 1.76. The van der Waals surface area contributed by atoms with E-state index >= 15 is 0 Å². The van der Waals surface area contributed by atoms with Crippen LogP contribution in [-0.4, -0.2) is 24.2 Å². The molecule has 3 N–H and O–H groups in total. The van der Waals surface area contributed by atoms with Gasteiger partial charge in [-0.2, -0.15) is 0 Å². The first kappa shape index (κ1) is 15.7. The highest BCUT2D eigenvalue weighted by Gasteiger charge is 2.39. The molecule has 0 spiro atoms. The molecule has 5 nitrogen and oxygen atoms in total. The Morgan fingerprint density at radius 3 is 2.91 bits per heavy atom. The van der Waals surface area contributed by atoms with Crippen molar-refractivity contribution in [2.45, 2.75) is 31.4 Å². The summed E-state index contributed by atoms with van der Waals surface area (Å²) in [6.45, 7) is 2.10. The summed E-state index contributed by atoms with van der Waals surface area (Å²) in [6.07, 6.45) is 2.65. The minimum Gasteiger partial charge on any atom is -0.464 e. The van der Waals surface area contributed by atoms with Crippen molar-refractivity contribution >= 4 is 11.6 Å².